The molecule has 0 aliphatic carbocycles. The van der Waals surface area contributed by atoms with E-state index in [4.69, 9.17) is 5.11 Å². The summed E-state index contributed by atoms with van der Waals surface area (Å²) in [5.41, 5.74) is 1.69. The van der Waals surface area contributed by atoms with Gasteiger partial charge in [0.05, 0.1) is 5.75 Å². The van der Waals surface area contributed by atoms with Crippen LogP contribution in [0, 0.1) is 5.41 Å². The minimum absolute atomic E-state index is 0.00741. The van der Waals surface area contributed by atoms with E-state index >= 15 is 0 Å². The first-order chi connectivity index (χ1) is 8.87. The third-order valence-corrected chi connectivity index (χ3v) is 3.39. The molecule has 102 valence electrons. The number of fused-ring (bicyclic) bond motifs is 1. The number of carboxylic acids is 1. The van der Waals surface area contributed by atoms with Crippen molar-refractivity contribution in [1.82, 2.24) is 14.5 Å². The Bertz CT molecular complexity index is 601. The third kappa shape index (κ3) is 3.47. The highest BCUT2D eigenvalue weighted by atomic mass is 32.2. The first-order valence-corrected chi connectivity index (χ1v) is 7.01. The fraction of sp³-hybridized carbons (Fsp3) is 0.462. The molecule has 2 heterocycles. The van der Waals surface area contributed by atoms with Gasteiger partial charge < -0.3 is 9.67 Å². The van der Waals surface area contributed by atoms with Gasteiger partial charge >= 0.3 is 5.97 Å². The topological polar surface area (TPSA) is 68.0 Å². The second kappa shape index (κ2) is 5.21. The largest absolute Gasteiger partial charge is 0.481 e. The van der Waals surface area contributed by atoms with Crippen molar-refractivity contribution in [2.45, 2.75) is 32.5 Å². The molecule has 0 spiro atoms. The lowest BCUT2D eigenvalue weighted by molar-refractivity contribution is -0.133. The molecule has 0 radical (unpaired) electrons. The van der Waals surface area contributed by atoms with Gasteiger partial charge in [-0.05, 0) is 17.5 Å². The lowest BCUT2D eigenvalue weighted by atomic mass is 9.97. The molecule has 2 aromatic heterocycles. The smallest absolute Gasteiger partial charge is 0.313 e. The van der Waals surface area contributed by atoms with Crippen LogP contribution in [0.3, 0.4) is 0 Å². The second-order valence-electron chi connectivity index (χ2n) is 5.57. The molecule has 0 atom stereocenters. The minimum Gasteiger partial charge on any atom is -0.481 e. The molecule has 0 aliphatic rings. The number of rotatable bonds is 4. The highest BCUT2D eigenvalue weighted by Gasteiger charge is 2.19. The molecule has 2 aromatic rings. The van der Waals surface area contributed by atoms with Crippen LogP contribution in [0.2, 0.25) is 0 Å². The number of pyridine rings is 1. The van der Waals surface area contributed by atoms with Crippen molar-refractivity contribution in [1.29, 1.82) is 0 Å². The molecule has 0 amide bonds. The van der Waals surface area contributed by atoms with Gasteiger partial charge in [0.1, 0.15) is 5.52 Å². The quantitative estimate of drug-likeness (QED) is 0.871. The fourth-order valence-corrected chi connectivity index (χ4v) is 2.51. The van der Waals surface area contributed by atoms with Crippen LogP contribution in [0.25, 0.3) is 11.2 Å². The summed E-state index contributed by atoms with van der Waals surface area (Å²) < 4.78 is 2.00. The van der Waals surface area contributed by atoms with Crippen molar-refractivity contribution in [3.63, 3.8) is 0 Å². The number of nitrogens with zero attached hydrogens (tertiary/aromatic N) is 3. The molecular weight excluding hydrogens is 262 g/mol. The van der Waals surface area contributed by atoms with Crippen LogP contribution in [0.15, 0.2) is 23.5 Å². The summed E-state index contributed by atoms with van der Waals surface area (Å²) in [5.74, 6) is -0.833. The number of carboxylic acid groups (broad SMARTS) is 1. The molecule has 19 heavy (non-hydrogen) atoms. The van der Waals surface area contributed by atoms with Gasteiger partial charge in [0.15, 0.2) is 10.8 Å². The number of aromatic nitrogens is 3. The molecule has 6 heteroatoms. The van der Waals surface area contributed by atoms with E-state index in [1.165, 1.54) is 11.8 Å². The second-order valence-corrected chi connectivity index (χ2v) is 6.51. The van der Waals surface area contributed by atoms with Crippen LogP contribution in [0.5, 0.6) is 0 Å². The van der Waals surface area contributed by atoms with Gasteiger partial charge in [-0.1, -0.05) is 32.5 Å². The minimum atomic E-state index is -0.840. The molecule has 2 rings (SSSR count). The molecule has 0 bridgehead atoms. The van der Waals surface area contributed by atoms with Crippen LogP contribution in [0.1, 0.15) is 20.8 Å². The molecule has 0 saturated carbocycles. The van der Waals surface area contributed by atoms with E-state index in [0.717, 1.165) is 17.7 Å². The zero-order valence-electron chi connectivity index (χ0n) is 11.3. The highest BCUT2D eigenvalue weighted by Crippen LogP contribution is 2.27. The fourth-order valence-electron chi connectivity index (χ4n) is 1.79. The van der Waals surface area contributed by atoms with Gasteiger partial charge in [0.2, 0.25) is 0 Å². The summed E-state index contributed by atoms with van der Waals surface area (Å²) >= 11 is 1.23. The van der Waals surface area contributed by atoms with Crippen molar-refractivity contribution < 1.29 is 9.90 Å². The zero-order chi connectivity index (χ0) is 14.0. The Balaban J connectivity index is 2.42. The standard InChI is InChI=1S/C13H17N3O2S/c1-13(2,3)8-16-11-9(5-4-6-14-11)15-12(16)19-7-10(17)18/h4-6H,7-8H2,1-3H3,(H,17,18). The third-order valence-electron chi connectivity index (χ3n) is 2.43. The predicted molar refractivity (Wildman–Crippen MR) is 75.3 cm³/mol. The molecule has 0 saturated heterocycles. The Morgan fingerprint density at radius 1 is 1.47 bits per heavy atom. The Morgan fingerprint density at radius 3 is 2.84 bits per heavy atom. The van der Waals surface area contributed by atoms with Crippen LogP contribution in [-0.2, 0) is 11.3 Å². The average Bonchev–Trinajstić information content (AvgIpc) is 2.63. The summed E-state index contributed by atoms with van der Waals surface area (Å²) in [7, 11) is 0. The molecule has 0 unspecified atom stereocenters. The maximum absolute atomic E-state index is 10.7. The van der Waals surface area contributed by atoms with Gasteiger partial charge in [-0.15, -0.1) is 0 Å². The summed E-state index contributed by atoms with van der Waals surface area (Å²) in [4.78, 5) is 19.5. The zero-order valence-corrected chi connectivity index (χ0v) is 12.1. The Labute approximate surface area is 116 Å². The van der Waals surface area contributed by atoms with Crippen LogP contribution >= 0.6 is 11.8 Å². The molecule has 0 fully saturated rings. The van der Waals surface area contributed by atoms with E-state index in [0.29, 0.717) is 5.16 Å². The van der Waals surface area contributed by atoms with Gasteiger partial charge in [0, 0.05) is 12.7 Å². The number of imidazole rings is 1. The van der Waals surface area contributed by atoms with E-state index < -0.39 is 5.97 Å². The maximum Gasteiger partial charge on any atom is 0.313 e. The summed E-state index contributed by atoms with van der Waals surface area (Å²) in [6.45, 7) is 7.15. The normalized spacial score (nSPS) is 11.9. The Hall–Kier alpha value is -1.56. The number of carbonyl (C=O) groups is 1. The molecule has 0 aromatic carbocycles. The van der Waals surface area contributed by atoms with Gasteiger partial charge in [-0.25, -0.2) is 9.97 Å². The molecule has 1 N–H and O–H groups in total. The number of hydrogen-bond acceptors (Lipinski definition) is 4. The van der Waals surface area contributed by atoms with E-state index in [9.17, 15) is 4.79 Å². The molecule has 0 aliphatic heterocycles. The number of hydrogen-bond donors (Lipinski definition) is 1. The van der Waals surface area contributed by atoms with Crippen LogP contribution in [-0.4, -0.2) is 31.4 Å². The SMILES string of the molecule is CC(C)(C)Cn1c(SCC(=O)O)nc2cccnc21. The van der Waals surface area contributed by atoms with Crippen molar-refractivity contribution in [3.05, 3.63) is 18.3 Å². The first kappa shape index (κ1) is 13.9. The van der Waals surface area contributed by atoms with Crippen molar-refractivity contribution in [2.24, 2.45) is 5.41 Å². The van der Waals surface area contributed by atoms with Crippen LogP contribution in [0.4, 0.5) is 0 Å². The highest BCUT2D eigenvalue weighted by molar-refractivity contribution is 7.99. The van der Waals surface area contributed by atoms with Crippen LogP contribution < -0.4 is 0 Å². The lowest BCUT2D eigenvalue weighted by Gasteiger charge is -2.20. The number of aliphatic carboxylic acids is 1. The summed E-state index contributed by atoms with van der Waals surface area (Å²) in [6, 6.07) is 3.73. The summed E-state index contributed by atoms with van der Waals surface area (Å²) in [6.07, 6.45) is 1.73. The monoisotopic (exact) mass is 279 g/mol. The molecular formula is C13H17N3O2S. The average molecular weight is 279 g/mol. The Morgan fingerprint density at radius 2 is 2.21 bits per heavy atom. The Kier molecular flexibility index (Phi) is 3.80. The van der Waals surface area contributed by atoms with Crippen molar-refractivity contribution >= 4 is 28.9 Å². The lowest BCUT2D eigenvalue weighted by Crippen LogP contribution is -2.16. The maximum atomic E-state index is 10.7. The van der Waals surface area contributed by atoms with Crippen molar-refractivity contribution in [3.8, 4) is 0 Å². The van der Waals surface area contributed by atoms with Crippen molar-refractivity contribution in [2.75, 3.05) is 5.75 Å². The summed E-state index contributed by atoms with van der Waals surface area (Å²) in [5, 5.41) is 9.51. The number of thioether (sulfide) groups is 1. The van der Waals surface area contributed by atoms with Gasteiger partial charge in [-0.2, -0.15) is 0 Å². The van der Waals surface area contributed by atoms with E-state index in [2.05, 4.69) is 30.7 Å². The predicted octanol–water partition coefficient (Wildman–Crippen LogP) is 2.65. The van der Waals surface area contributed by atoms with E-state index in [1.807, 2.05) is 16.7 Å². The molecule has 5 nitrogen and oxygen atoms in total. The van der Waals surface area contributed by atoms with Gasteiger partial charge in [-0.3, -0.25) is 4.79 Å². The first-order valence-electron chi connectivity index (χ1n) is 6.03. The van der Waals surface area contributed by atoms with E-state index in [-0.39, 0.29) is 11.2 Å². The van der Waals surface area contributed by atoms with E-state index in [1.54, 1.807) is 6.20 Å². The van der Waals surface area contributed by atoms with Gasteiger partial charge in [0.25, 0.3) is 0 Å².